The normalized spacial score (nSPS) is 11.0. The summed E-state index contributed by atoms with van der Waals surface area (Å²) in [6.07, 6.45) is 4.07. The largest absolute Gasteiger partial charge is 0.345 e. The SMILES string of the molecule is CCCCN(Cc1cccn1Cc1ccccc1Cl)C(=O)c1ccc2ccccc2c1. The first-order chi connectivity index (χ1) is 15.2. The van der Waals surface area contributed by atoms with Crippen molar-refractivity contribution in [1.29, 1.82) is 0 Å². The predicted octanol–water partition coefficient (Wildman–Crippen LogP) is 6.79. The monoisotopic (exact) mass is 430 g/mol. The van der Waals surface area contributed by atoms with E-state index in [4.69, 9.17) is 11.6 Å². The van der Waals surface area contributed by atoms with Gasteiger partial charge in [-0.15, -0.1) is 0 Å². The summed E-state index contributed by atoms with van der Waals surface area (Å²) < 4.78 is 2.17. The molecule has 0 saturated heterocycles. The van der Waals surface area contributed by atoms with Gasteiger partial charge in [0.15, 0.2) is 0 Å². The van der Waals surface area contributed by atoms with Crippen molar-refractivity contribution < 1.29 is 4.79 Å². The summed E-state index contributed by atoms with van der Waals surface area (Å²) in [5.41, 5.74) is 2.91. The molecule has 0 aliphatic heterocycles. The van der Waals surface area contributed by atoms with E-state index in [0.717, 1.165) is 52.0 Å². The third kappa shape index (κ3) is 5.00. The Labute approximate surface area is 188 Å². The van der Waals surface area contributed by atoms with Gasteiger partial charge in [-0.3, -0.25) is 4.79 Å². The standard InChI is InChI=1S/C27H27ClN2O/c1-2-3-16-30(27(31)23-15-14-21-9-4-5-10-22(21)18-23)20-25-12-8-17-29(25)19-24-11-6-7-13-26(24)28/h4-15,17-18H,2-3,16,19-20H2,1H3. The summed E-state index contributed by atoms with van der Waals surface area (Å²) in [5, 5.41) is 3.00. The molecule has 0 fully saturated rings. The van der Waals surface area contributed by atoms with Crippen LogP contribution in [-0.4, -0.2) is 21.9 Å². The fourth-order valence-electron chi connectivity index (χ4n) is 3.86. The van der Waals surface area contributed by atoms with E-state index in [2.05, 4.69) is 35.9 Å². The fraction of sp³-hybridized carbons (Fsp3) is 0.222. The zero-order valence-electron chi connectivity index (χ0n) is 17.8. The van der Waals surface area contributed by atoms with E-state index < -0.39 is 0 Å². The molecule has 0 bridgehead atoms. The molecule has 158 valence electrons. The number of unbranched alkanes of at least 4 members (excludes halogenated alkanes) is 1. The first kappa shape index (κ1) is 21.2. The maximum atomic E-state index is 13.4. The first-order valence-corrected chi connectivity index (χ1v) is 11.2. The lowest BCUT2D eigenvalue weighted by Crippen LogP contribution is -2.32. The van der Waals surface area contributed by atoms with Crippen molar-refractivity contribution in [2.24, 2.45) is 0 Å². The molecule has 1 amide bonds. The van der Waals surface area contributed by atoms with Crippen LogP contribution in [-0.2, 0) is 13.1 Å². The molecule has 0 unspecified atom stereocenters. The Kier molecular flexibility index (Phi) is 6.73. The first-order valence-electron chi connectivity index (χ1n) is 10.8. The Morgan fingerprint density at radius 1 is 0.935 bits per heavy atom. The number of aromatic nitrogens is 1. The zero-order chi connectivity index (χ0) is 21.6. The maximum Gasteiger partial charge on any atom is 0.254 e. The molecule has 3 nitrogen and oxygen atoms in total. The molecule has 0 N–H and O–H groups in total. The summed E-state index contributed by atoms with van der Waals surface area (Å²) in [6.45, 7) is 4.15. The average Bonchev–Trinajstić information content (AvgIpc) is 3.24. The van der Waals surface area contributed by atoms with Gasteiger partial charge in [-0.05, 0) is 53.1 Å². The minimum absolute atomic E-state index is 0.0738. The van der Waals surface area contributed by atoms with Gasteiger partial charge in [0.25, 0.3) is 5.91 Å². The molecule has 0 aliphatic rings. The van der Waals surface area contributed by atoms with Crippen molar-refractivity contribution in [2.45, 2.75) is 32.9 Å². The van der Waals surface area contributed by atoms with Crippen LogP contribution in [0.4, 0.5) is 0 Å². The van der Waals surface area contributed by atoms with E-state index in [-0.39, 0.29) is 5.91 Å². The number of benzene rings is 3. The minimum atomic E-state index is 0.0738. The van der Waals surface area contributed by atoms with Crippen LogP contribution < -0.4 is 0 Å². The van der Waals surface area contributed by atoms with Crippen molar-refractivity contribution >= 4 is 28.3 Å². The number of rotatable bonds is 8. The Hall–Kier alpha value is -3.04. The van der Waals surface area contributed by atoms with Crippen LogP contribution in [0.15, 0.2) is 85.1 Å². The van der Waals surface area contributed by atoms with Crippen LogP contribution in [0.1, 0.15) is 41.4 Å². The van der Waals surface area contributed by atoms with Gasteiger partial charge < -0.3 is 9.47 Å². The lowest BCUT2D eigenvalue weighted by molar-refractivity contribution is 0.0737. The number of carbonyl (C=O) groups is 1. The molecule has 3 aromatic carbocycles. The van der Waals surface area contributed by atoms with Gasteiger partial charge in [0.05, 0.1) is 6.54 Å². The molecule has 4 aromatic rings. The Morgan fingerprint density at radius 2 is 1.71 bits per heavy atom. The number of hydrogen-bond acceptors (Lipinski definition) is 1. The highest BCUT2D eigenvalue weighted by Gasteiger charge is 2.18. The second-order valence-corrected chi connectivity index (χ2v) is 8.27. The van der Waals surface area contributed by atoms with Crippen molar-refractivity contribution in [1.82, 2.24) is 9.47 Å². The van der Waals surface area contributed by atoms with Crippen LogP contribution in [0.25, 0.3) is 10.8 Å². The minimum Gasteiger partial charge on any atom is -0.345 e. The van der Waals surface area contributed by atoms with E-state index in [1.54, 1.807) is 0 Å². The van der Waals surface area contributed by atoms with Gasteiger partial charge in [0, 0.05) is 35.6 Å². The lowest BCUT2D eigenvalue weighted by Gasteiger charge is -2.24. The molecule has 0 radical (unpaired) electrons. The Balaban J connectivity index is 1.58. The van der Waals surface area contributed by atoms with Gasteiger partial charge in [-0.1, -0.05) is 73.5 Å². The highest BCUT2D eigenvalue weighted by molar-refractivity contribution is 6.31. The smallest absolute Gasteiger partial charge is 0.254 e. The van der Waals surface area contributed by atoms with Crippen LogP contribution in [0, 0.1) is 0 Å². The molecule has 0 atom stereocenters. The Bertz CT molecular complexity index is 1180. The number of carbonyl (C=O) groups excluding carboxylic acids is 1. The van der Waals surface area contributed by atoms with Gasteiger partial charge >= 0.3 is 0 Å². The van der Waals surface area contributed by atoms with E-state index in [1.807, 2.05) is 65.6 Å². The fourth-order valence-corrected chi connectivity index (χ4v) is 4.05. The maximum absolute atomic E-state index is 13.4. The number of halogens is 1. The molecular formula is C27H27ClN2O. The molecule has 0 aliphatic carbocycles. The molecule has 0 saturated carbocycles. The van der Waals surface area contributed by atoms with E-state index in [0.29, 0.717) is 13.1 Å². The van der Waals surface area contributed by atoms with Crippen molar-refractivity contribution in [3.8, 4) is 0 Å². The topological polar surface area (TPSA) is 25.2 Å². The lowest BCUT2D eigenvalue weighted by atomic mass is 10.1. The average molecular weight is 431 g/mol. The molecule has 31 heavy (non-hydrogen) atoms. The number of hydrogen-bond donors (Lipinski definition) is 0. The molecule has 4 heteroatoms. The van der Waals surface area contributed by atoms with Crippen molar-refractivity contribution in [3.63, 3.8) is 0 Å². The second kappa shape index (κ2) is 9.84. The van der Waals surface area contributed by atoms with Crippen LogP contribution >= 0.6 is 11.6 Å². The van der Waals surface area contributed by atoms with E-state index >= 15 is 0 Å². The quantitative estimate of drug-likeness (QED) is 0.302. The van der Waals surface area contributed by atoms with Crippen LogP contribution in [0.2, 0.25) is 5.02 Å². The van der Waals surface area contributed by atoms with E-state index in [1.165, 1.54) is 0 Å². The predicted molar refractivity (Wildman–Crippen MR) is 129 cm³/mol. The summed E-state index contributed by atoms with van der Waals surface area (Å²) in [7, 11) is 0. The molecule has 1 aromatic heterocycles. The van der Waals surface area contributed by atoms with Gasteiger partial charge in [0.1, 0.15) is 0 Å². The van der Waals surface area contributed by atoms with Crippen LogP contribution in [0.3, 0.4) is 0 Å². The third-order valence-electron chi connectivity index (χ3n) is 5.64. The summed E-state index contributed by atoms with van der Waals surface area (Å²) in [5.74, 6) is 0.0738. The molecular weight excluding hydrogens is 404 g/mol. The molecule has 4 rings (SSSR count). The summed E-state index contributed by atoms with van der Waals surface area (Å²) >= 11 is 6.37. The van der Waals surface area contributed by atoms with Gasteiger partial charge in [-0.2, -0.15) is 0 Å². The highest BCUT2D eigenvalue weighted by atomic mass is 35.5. The van der Waals surface area contributed by atoms with Crippen molar-refractivity contribution in [2.75, 3.05) is 6.54 Å². The number of amides is 1. The van der Waals surface area contributed by atoms with Crippen LogP contribution in [0.5, 0.6) is 0 Å². The summed E-state index contributed by atoms with van der Waals surface area (Å²) in [6, 6.07) is 26.1. The van der Waals surface area contributed by atoms with Crippen molar-refractivity contribution in [3.05, 3.63) is 107 Å². The van der Waals surface area contributed by atoms with Gasteiger partial charge in [0.2, 0.25) is 0 Å². The number of nitrogens with zero attached hydrogens (tertiary/aromatic N) is 2. The Morgan fingerprint density at radius 3 is 2.52 bits per heavy atom. The molecule has 0 spiro atoms. The second-order valence-electron chi connectivity index (χ2n) is 7.86. The molecule has 1 heterocycles. The number of fused-ring (bicyclic) bond motifs is 1. The van der Waals surface area contributed by atoms with Gasteiger partial charge in [-0.25, -0.2) is 0 Å². The summed E-state index contributed by atoms with van der Waals surface area (Å²) in [4.78, 5) is 15.4. The van der Waals surface area contributed by atoms with E-state index in [9.17, 15) is 4.79 Å². The third-order valence-corrected chi connectivity index (χ3v) is 6.01. The zero-order valence-corrected chi connectivity index (χ0v) is 18.6. The highest BCUT2D eigenvalue weighted by Crippen LogP contribution is 2.20.